The molecule has 7 nitrogen and oxygen atoms in total. The van der Waals surface area contributed by atoms with Crippen LogP contribution < -0.4 is 9.47 Å². The number of pyridine rings is 1. The summed E-state index contributed by atoms with van der Waals surface area (Å²) < 4.78 is 10.9. The molecule has 5 aromatic rings. The zero-order valence-corrected chi connectivity index (χ0v) is 21.1. The molecule has 1 aromatic heterocycles. The number of aliphatic imine (C=N–C) groups is 2. The number of fused-ring (bicyclic) bond motifs is 2. The van der Waals surface area contributed by atoms with Crippen molar-refractivity contribution in [1.82, 2.24) is 4.98 Å². The third-order valence-corrected chi connectivity index (χ3v) is 5.87. The topological polar surface area (TPSA) is 96.5 Å². The number of hydrogen-bond acceptors (Lipinski definition) is 7. The highest BCUT2D eigenvalue weighted by Gasteiger charge is 2.05. The van der Waals surface area contributed by atoms with Gasteiger partial charge in [0.1, 0.15) is 0 Å². The van der Waals surface area contributed by atoms with Crippen molar-refractivity contribution in [3.8, 4) is 23.0 Å². The lowest BCUT2D eigenvalue weighted by Crippen LogP contribution is -1.93. The van der Waals surface area contributed by atoms with Gasteiger partial charge in [-0.25, -0.2) is 4.98 Å². The summed E-state index contributed by atoms with van der Waals surface area (Å²) in [6.45, 7) is 4.68. The molecule has 0 radical (unpaired) electrons. The molecule has 0 atom stereocenters. The maximum atomic E-state index is 9.91. The second kappa shape index (κ2) is 11.0. The summed E-state index contributed by atoms with van der Waals surface area (Å²) in [5.74, 6) is 1.07. The van der Waals surface area contributed by atoms with E-state index in [9.17, 15) is 10.2 Å². The fourth-order valence-corrected chi connectivity index (χ4v) is 4.02. The van der Waals surface area contributed by atoms with Gasteiger partial charge in [0.15, 0.2) is 23.0 Å². The van der Waals surface area contributed by atoms with E-state index in [0.717, 1.165) is 44.3 Å². The van der Waals surface area contributed by atoms with Crippen LogP contribution >= 0.6 is 0 Å². The van der Waals surface area contributed by atoms with Crippen LogP contribution in [0.3, 0.4) is 0 Å². The molecule has 0 fully saturated rings. The maximum absolute atomic E-state index is 9.91. The zero-order chi connectivity index (χ0) is 26.5. The van der Waals surface area contributed by atoms with E-state index in [1.807, 2.05) is 50.2 Å². The molecule has 2 N–H and O–H groups in total. The number of phenolic OH excluding ortho intramolecular Hbond substituents is 2. The lowest BCUT2D eigenvalue weighted by atomic mass is 10.1. The quantitative estimate of drug-likeness (QED) is 0.173. The average molecular weight is 506 g/mol. The van der Waals surface area contributed by atoms with E-state index in [1.165, 1.54) is 0 Å². The lowest BCUT2D eigenvalue weighted by Gasteiger charge is -2.06. The molecule has 0 spiro atoms. The first-order valence-electron chi connectivity index (χ1n) is 12.4. The molecule has 1 heterocycles. The molecular weight excluding hydrogens is 478 g/mol. The van der Waals surface area contributed by atoms with Gasteiger partial charge in [0.05, 0.1) is 35.6 Å². The summed E-state index contributed by atoms with van der Waals surface area (Å²) in [5.41, 5.74) is 4.83. The van der Waals surface area contributed by atoms with Crippen molar-refractivity contribution in [3.63, 3.8) is 0 Å². The second-order valence-corrected chi connectivity index (χ2v) is 8.58. The Kier molecular flexibility index (Phi) is 7.17. The third kappa shape index (κ3) is 5.57. The van der Waals surface area contributed by atoms with E-state index in [4.69, 9.17) is 14.5 Å². The molecule has 0 saturated carbocycles. The van der Waals surface area contributed by atoms with E-state index in [2.05, 4.69) is 16.1 Å². The minimum Gasteiger partial charge on any atom is -0.504 e. The normalized spacial score (nSPS) is 11.6. The summed E-state index contributed by atoms with van der Waals surface area (Å²) in [6, 6.07) is 24.2. The molecule has 7 heteroatoms. The first-order valence-corrected chi connectivity index (χ1v) is 12.4. The summed E-state index contributed by atoms with van der Waals surface area (Å²) in [6.07, 6.45) is 3.47. The predicted octanol–water partition coefficient (Wildman–Crippen LogP) is 7.10. The molecule has 38 heavy (non-hydrogen) atoms. The van der Waals surface area contributed by atoms with Crippen molar-refractivity contribution in [3.05, 3.63) is 90.0 Å². The predicted molar refractivity (Wildman–Crippen MR) is 152 cm³/mol. The molecule has 0 aliphatic rings. The van der Waals surface area contributed by atoms with Gasteiger partial charge >= 0.3 is 0 Å². The SMILES string of the molecule is CCOc1cc(C=Nc2ccc3cc4ccc(N=Cc5ccc(O)c(OCC)c5)cc4nc3c2)ccc1O. The van der Waals surface area contributed by atoms with Crippen LogP contribution in [0, 0.1) is 0 Å². The largest absolute Gasteiger partial charge is 0.504 e. The van der Waals surface area contributed by atoms with Gasteiger partial charge in [0, 0.05) is 23.2 Å². The highest BCUT2D eigenvalue weighted by atomic mass is 16.5. The van der Waals surface area contributed by atoms with Crippen molar-refractivity contribution in [1.29, 1.82) is 0 Å². The molecule has 190 valence electrons. The number of aromatic nitrogens is 1. The first kappa shape index (κ1) is 24.8. The van der Waals surface area contributed by atoms with Gasteiger partial charge in [0.2, 0.25) is 0 Å². The summed E-state index contributed by atoms with van der Waals surface area (Å²) in [4.78, 5) is 14.0. The number of aromatic hydroxyl groups is 2. The molecular formula is C31H27N3O4. The van der Waals surface area contributed by atoms with Crippen LogP contribution in [0.2, 0.25) is 0 Å². The molecule has 5 rings (SSSR count). The summed E-state index contributed by atoms with van der Waals surface area (Å²) in [7, 11) is 0. The Morgan fingerprint density at radius 2 is 1.11 bits per heavy atom. The number of nitrogens with zero attached hydrogens (tertiary/aromatic N) is 3. The van der Waals surface area contributed by atoms with Crippen LogP contribution in [0.15, 0.2) is 88.8 Å². The van der Waals surface area contributed by atoms with Crippen molar-refractivity contribution in [2.75, 3.05) is 13.2 Å². The van der Waals surface area contributed by atoms with Crippen molar-refractivity contribution in [2.45, 2.75) is 13.8 Å². The first-order chi connectivity index (χ1) is 18.5. The Balaban J connectivity index is 1.41. The molecule has 0 bridgehead atoms. The van der Waals surface area contributed by atoms with Gasteiger partial charge in [-0.15, -0.1) is 0 Å². The van der Waals surface area contributed by atoms with Crippen LogP contribution in [0.25, 0.3) is 21.8 Å². The van der Waals surface area contributed by atoms with Crippen molar-refractivity contribution >= 4 is 45.6 Å². The third-order valence-electron chi connectivity index (χ3n) is 5.87. The minimum absolute atomic E-state index is 0.104. The van der Waals surface area contributed by atoms with E-state index < -0.39 is 0 Å². The number of rotatable bonds is 8. The lowest BCUT2D eigenvalue weighted by molar-refractivity contribution is 0.318. The molecule has 0 unspecified atom stereocenters. The average Bonchev–Trinajstić information content (AvgIpc) is 2.92. The number of hydrogen-bond donors (Lipinski definition) is 2. The molecule has 4 aromatic carbocycles. The van der Waals surface area contributed by atoms with Gasteiger partial charge in [-0.1, -0.05) is 12.1 Å². The van der Waals surface area contributed by atoms with Crippen LogP contribution in [-0.2, 0) is 0 Å². The van der Waals surface area contributed by atoms with E-state index in [-0.39, 0.29) is 11.5 Å². The number of ether oxygens (including phenoxy) is 2. The van der Waals surface area contributed by atoms with Crippen molar-refractivity contribution < 1.29 is 19.7 Å². The van der Waals surface area contributed by atoms with Crippen molar-refractivity contribution in [2.24, 2.45) is 9.98 Å². The second-order valence-electron chi connectivity index (χ2n) is 8.58. The van der Waals surface area contributed by atoms with Gasteiger partial charge < -0.3 is 19.7 Å². The molecule has 0 aliphatic heterocycles. The van der Waals surface area contributed by atoms with Crippen LogP contribution in [0.4, 0.5) is 11.4 Å². The Labute approximate surface area is 220 Å². The van der Waals surface area contributed by atoms with Gasteiger partial charge in [-0.3, -0.25) is 9.98 Å². The Morgan fingerprint density at radius 3 is 1.55 bits per heavy atom. The maximum Gasteiger partial charge on any atom is 0.161 e. The molecule has 0 aliphatic carbocycles. The number of phenols is 2. The van der Waals surface area contributed by atoms with Crippen LogP contribution in [-0.4, -0.2) is 40.8 Å². The van der Waals surface area contributed by atoms with Gasteiger partial charge in [-0.2, -0.15) is 0 Å². The summed E-state index contributed by atoms with van der Waals surface area (Å²) >= 11 is 0. The van der Waals surface area contributed by atoms with E-state index in [0.29, 0.717) is 24.7 Å². The highest BCUT2D eigenvalue weighted by Crippen LogP contribution is 2.29. The van der Waals surface area contributed by atoms with Gasteiger partial charge in [-0.05, 0) is 91.7 Å². The Hall–Kier alpha value is -4.91. The monoisotopic (exact) mass is 505 g/mol. The molecule has 0 amide bonds. The van der Waals surface area contributed by atoms with Crippen LogP contribution in [0.1, 0.15) is 25.0 Å². The number of benzene rings is 4. The van der Waals surface area contributed by atoms with Crippen LogP contribution in [0.5, 0.6) is 23.0 Å². The fourth-order valence-electron chi connectivity index (χ4n) is 4.02. The molecule has 0 saturated heterocycles. The van der Waals surface area contributed by atoms with Gasteiger partial charge in [0.25, 0.3) is 0 Å². The fraction of sp³-hybridized carbons (Fsp3) is 0.129. The highest BCUT2D eigenvalue weighted by molar-refractivity contribution is 5.95. The standard InChI is InChI=1S/C31H27N3O4/c1-3-37-30-13-20(5-11-28(30)35)18-32-24-9-7-22-15-23-8-10-25(17-27(23)34-26(22)16-24)33-19-21-6-12-29(36)31(14-21)38-4-2/h5-19,35-36H,3-4H2,1-2H3. The zero-order valence-electron chi connectivity index (χ0n) is 21.1. The van der Waals surface area contributed by atoms with E-state index >= 15 is 0 Å². The minimum atomic E-state index is 0.104. The smallest absolute Gasteiger partial charge is 0.161 e. The van der Waals surface area contributed by atoms with E-state index in [1.54, 1.807) is 48.8 Å². The Bertz CT molecular complexity index is 1560. The summed E-state index contributed by atoms with van der Waals surface area (Å²) in [5, 5.41) is 21.8. The Morgan fingerprint density at radius 1 is 0.632 bits per heavy atom.